The monoisotopic (exact) mass is 1610 g/mol. The molecule has 115 heavy (non-hydrogen) atoms. The van der Waals surface area contributed by atoms with Crippen molar-refractivity contribution in [2.45, 2.75) is 38.9 Å². The lowest BCUT2D eigenvalue weighted by Gasteiger charge is -2.32. The van der Waals surface area contributed by atoms with Crippen LogP contribution >= 0.6 is 46.5 Å². The normalized spacial score (nSPS) is 13.2. The zero-order valence-electron chi connectivity index (χ0n) is 62.8. The minimum absolute atomic E-state index is 0.0789. The molecule has 0 radical (unpaired) electrons. The van der Waals surface area contributed by atoms with Crippen LogP contribution in [0, 0.1) is 20.2 Å². The molecule has 0 atom stereocenters. The second-order valence-corrected chi connectivity index (χ2v) is 35.0. The first kappa shape index (κ1) is 72.7. The Bertz CT molecular complexity index is 7320. The summed E-state index contributed by atoms with van der Waals surface area (Å²) in [7, 11) is -0.911. The van der Waals surface area contributed by atoms with E-state index in [1.807, 2.05) is 53.0 Å². The predicted octanol–water partition coefficient (Wildman–Crippen LogP) is 27.5. The van der Waals surface area contributed by atoms with E-state index < -0.39 is 31.2 Å². The van der Waals surface area contributed by atoms with Gasteiger partial charge in [0.05, 0.1) is 31.1 Å². The lowest BCUT2D eigenvalue weighted by atomic mass is 9.75. The molecule has 5 heterocycles. The van der Waals surface area contributed by atoms with Crippen LogP contribution < -0.4 is 21.4 Å². The first-order chi connectivity index (χ1) is 56.0. The molecule has 17 aromatic carbocycles. The van der Waals surface area contributed by atoms with E-state index in [4.69, 9.17) is 18.1 Å². The summed E-state index contributed by atoms with van der Waals surface area (Å²) in [4.78, 5) is 21.3. The van der Waals surface area contributed by atoms with E-state index >= 15 is 0 Å². The molecule has 10 nitrogen and oxygen atoms in total. The van der Waals surface area contributed by atoms with Gasteiger partial charge in [-0.3, -0.25) is 20.2 Å². The molecule has 0 spiro atoms. The Morgan fingerprint density at radius 2 is 0.704 bits per heavy atom. The van der Waals surface area contributed by atoms with E-state index in [1.54, 1.807) is 36.4 Å². The van der Waals surface area contributed by atoms with Gasteiger partial charge in [-0.2, -0.15) is 0 Å². The molecule has 15 heteroatoms. The van der Waals surface area contributed by atoms with Gasteiger partial charge < -0.3 is 18.1 Å². The summed E-state index contributed by atoms with van der Waals surface area (Å²) in [5.41, 5.74) is 9.78. The van der Waals surface area contributed by atoms with Gasteiger partial charge in [-0.25, -0.2) is 0 Å². The molecular weight excluding hydrogens is 1540 g/mol. The Hall–Kier alpha value is -12.5. The Balaban J connectivity index is 0.000000115. The van der Waals surface area contributed by atoms with Crippen LogP contribution in [0.4, 0.5) is 11.4 Å². The number of para-hydroxylation sites is 2. The number of hydrogen-bond acceptors (Lipinski definition) is 10. The van der Waals surface area contributed by atoms with Gasteiger partial charge in [0, 0.05) is 79.6 Å². The minimum Gasteiger partial charge on any atom is -0.456 e. The van der Waals surface area contributed by atoms with E-state index in [0.29, 0.717) is 15.6 Å². The summed E-state index contributed by atoms with van der Waals surface area (Å²) in [5, 5.41) is 44.7. The van der Waals surface area contributed by atoms with Gasteiger partial charge in [0.1, 0.15) is 22.3 Å². The smallest absolute Gasteiger partial charge is 0.456 e. The molecule has 0 amide bonds. The Labute approximate surface area is 679 Å². The molecule has 1 saturated heterocycles. The Morgan fingerprint density at radius 1 is 0.322 bits per heavy atom. The fourth-order valence-electron chi connectivity index (χ4n) is 16.0. The fraction of sp³-hybridized carbons (Fsp3) is 0.0600. The highest BCUT2D eigenvalue weighted by Crippen LogP contribution is 2.47. The standard InChI is InChI=1S/C38H29BO3S.C38H21NO3S.C18H15P.C6H4BrNO2/c1-37(2)38(3,4)42-39(41-37)31-21-33-36(29-11-6-5-9-26(29)31)30-18-25-17-22(13-14-23(25)19-32(30)40-33)24-15-16-28-27-10-7-8-12-34(27)43-35(28)20-24;40-39(41)33-11-5-3-8-27(33)31-21-35-38(30-10-2-1-7-26(30)31)32-18-25-17-22(13-14-23(25)19-34(32)42-35)24-15-16-29-28-9-4-6-12-36(28)43-37(29)20-24;1-4-10-16(11-5-1)19(17-12-6-2-7-13-17)18-14-8-3-9-15-18;7-5-3-1-2-4-6(5)8(9)10/h5-21H,1-4H3;1-21H;1-15H;1-4H. The second kappa shape index (κ2) is 29.8. The molecule has 22 rings (SSSR count). The molecular formula is C100H69BBrN2O8PS2. The van der Waals surface area contributed by atoms with Crippen LogP contribution in [-0.2, 0) is 9.31 Å². The van der Waals surface area contributed by atoms with Crippen LogP contribution in [0.15, 0.2) is 359 Å². The van der Waals surface area contributed by atoms with Gasteiger partial charge in [0.15, 0.2) is 0 Å². The van der Waals surface area contributed by atoms with Crippen LogP contribution in [0.1, 0.15) is 27.7 Å². The first-order valence-electron chi connectivity index (χ1n) is 38.0. The van der Waals surface area contributed by atoms with Crippen molar-refractivity contribution in [3.05, 3.63) is 370 Å². The van der Waals surface area contributed by atoms with Crippen molar-refractivity contribution in [1.29, 1.82) is 0 Å². The zero-order valence-corrected chi connectivity index (χ0v) is 66.9. The summed E-state index contributed by atoms with van der Waals surface area (Å²) >= 11 is 6.75. The van der Waals surface area contributed by atoms with Crippen LogP contribution in [0.2, 0.25) is 0 Å². The number of rotatable bonds is 9. The van der Waals surface area contributed by atoms with E-state index in [-0.39, 0.29) is 16.3 Å². The van der Waals surface area contributed by atoms with Crippen LogP contribution in [-0.4, -0.2) is 28.2 Å². The summed E-state index contributed by atoms with van der Waals surface area (Å²) in [5.74, 6) is 0. The Kier molecular flexibility index (Phi) is 18.8. The number of furan rings is 2. The first-order valence-corrected chi connectivity index (χ1v) is 41.7. The largest absolute Gasteiger partial charge is 0.495 e. The molecule has 0 aliphatic carbocycles. The maximum absolute atomic E-state index is 11.9. The number of thiophene rings is 2. The second-order valence-electron chi connectivity index (χ2n) is 29.8. The van der Waals surface area contributed by atoms with Gasteiger partial charge >= 0.3 is 7.12 Å². The third-order valence-corrected chi connectivity index (χ3v) is 27.7. The van der Waals surface area contributed by atoms with Crippen molar-refractivity contribution < 1.29 is 28.0 Å². The van der Waals surface area contributed by atoms with Crippen molar-refractivity contribution in [2.24, 2.45) is 0 Å². The number of hydrogen-bond donors (Lipinski definition) is 0. The molecule has 0 unspecified atom stereocenters. The van der Waals surface area contributed by atoms with Crippen molar-refractivity contribution in [1.82, 2.24) is 0 Å². The number of nitrogens with zero attached hydrogens (tertiary/aromatic N) is 2. The van der Waals surface area contributed by atoms with E-state index in [2.05, 4.69) is 317 Å². The molecule has 1 aliphatic rings. The number of nitro groups is 2. The molecule has 1 aliphatic heterocycles. The lowest BCUT2D eigenvalue weighted by Crippen LogP contribution is -2.41. The quantitative estimate of drug-likeness (QED) is 0.0604. The molecule has 4 aromatic heterocycles. The third kappa shape index (κ3) is 13.5. The SMILES string of the molecule is CC1(C)OB(c2cc3oc4cc5ccc(-c6ccc7c(c6)sc6ccccc67)cc5cc4c3c3ccccc23)OC1(C)C.O=[N+]([O-])c1ccccc1-c1cc2oc3cc4ccc(-c5ccc6c(c5)sc5ccccc56)cc4cc3c2c2ccccc12.O=[N+]([O-])c1ccccc1Br.c1ccc(P(c2ccccc2)c2ccccc2)cc1. The molecule has 554 valence electrons. The molecule has 0 bridgehead atoms. The van der Waals surface area contributed by atoms with Gasteiger partial charge in [-0.15, -0.1) is 22.7 Å². The Morgan fingerprint density at radius 3 is 1.18 bits per heavy atom. The zero-order chi connectivity index (χ0) is 78.2. The van der Waals surface area contributed by atoms with E-state index in [0.717, 1.165) is 87.0 Å². The third-order valence-electron chi connectivity index (χ3n) is 22.3. The van der Waals surface area contributed by atoms with E-state index in [1.165, 1.54) is 90.0 Å². The minimum atomic E-state index is -0.465. The summed E-state index contributed by atoms with van der Waals surface area (Å²) in [6.45, 7) is 8.37. The van der Waals surface area contributed by atoms with Crippen molar-refractivity contribution >= 4 is 214 Å². The maximum atomic E-state index is 11.9. The summed E-state index contributed by atoms with van der Waals surface area (Å²) in [6, 6.07) is 119. The van der Waals surface area contributed by atoms with Crippen molar-refractivity contribution in [2.75, 3.05) is 0 Å². The molecule has 1 fully saturated rings. The molecule has 0 saturated carbocycles. The molecule has 21 aromatic rings. The summed E-state index contributed by atoms with van der Waals surface area (Å²) in [6.07, 6.45) is 0. The number of halogens is 1. The van der Waals surface area contributed by atoms with Crippen LogP contribution in [0.25, 0.3) is 161 Å². The number of benzene rings is 17. The summed E-state index contributed by atoms with van der Waals surface area (Å²) < 4.78 is 31.7. The fourth-order valence-corrected chi connectivity index (χ4v) is 21.0. The highest BCUT2D eigenvalue weighted by atomic mass is 79.9. The average Bonchev–Trinajstić information content (AvgIpc) is 1.58. The topological polar surface area (TPSA) is 131 Å². The van der Waals surface area contributed by atoms with Gasteiger partial charge in [-0.1, -0.05) is 249 Å². The van der Waals surface area contributed by atoms with Gasteiger partial charge in [-0.05, 0) is 223 Å². The predicted molar refractivity (Wildman–Crippen MR) is 488 cm³/mol. The highest BCUT2D eigenvalue weighted by molar-refractivity contribution is 9.10. The number of fused-ring (bicyclic) bond motifs is 18. The van der Waals surface area contributed by atoms with Gasteiger partial charge in [0.2, 0.25) is 0 Å². The van der Waals surface area contributed by atoms with E-state index in [9.17, 15) is 20.2 Å². The number of nitro benzene ring substituents is 2. The van der Waals surface area contributed by atoms with Crippen molar-refractivity contribution in [3.63, 3.8) is 0 Å². The highest BCUT2D eigenvalue weighted by Gasteiger charge is 2.52. The lowest BCUT2D eigenvalue weighted by molar-refractivity contribution is -0.385. The van der Waals surface area contributed by atoms with Crippen LogP contribution in [0.5, 0.6) is 0 Å². The average molecular weight is 1610 g/mol. The van der Waals surface area contributed by atoms with Crippen LogP contribution in [0.3, 0.4) is 0 Å². The molecule has 0 N–H and O–H groups in total. The maximum Gasteiger partial charge on any atom is 0.495 e. The van der Waals surface area contributed by atoms with Gasteiger partial charge in [0.25, 0.3) is 11.4 Å². The van der Waals surface area contributed by atoms with Crippen molar-refractivity contribution in [3.8, 4) is 33.4 Å².